The first-order valence-electron chi connectivity index (χ1n) is 9.75. The molecule has 0 spiro atoms. The summed E-state index contributed by atoms with van der Waals surface area (Å²) in [6.45, 7) is 3.70. The molecule has 0 unspecified atom stereocenters. The number of carbonyl (C=O) groups is 2. The van der Waals surface area contributed by atoms with Crippen molar-refractivity contribution in [1.29, 1.82) is 0 Å². The lowest BCUT2D eigenvalue weighted by Gasteiger charge is -2.20. The van der Waals surface area contributed by atoms with Crippen LogP contribution < -0.4 is 5.32 Å². The smallest absolute Gasteiger partial charge is 0.272 e. The Labute approximate surface area is 169 Å². The van der Waals surface area contributed by atoms with Gasteiger partial charge in [-0.25, -0.2) is 8.42 Å². The van der Waals surface area contributed by atoms with E-state index < -0.39 is 21.8 Å². The van der Waals surface area contributed by atoms with Crippen LogP contribution in [0.3, 0.4) is 0 Å². The van der Waals surface area contributed by atoms with Crippen LogP contribution in [-0.4, -0.2) is 59.0 Å². The molecule has 0 saturated carbocycles. The SMILES string of the molecule is Cc1cccc(CN2CCCn3nc(C(=O)N[C@@H]4CCS(=O)(=O)C4)cc3C2=O)c1. The third-order valence-corrected chi connectivity index (χ3v) is 7.11. The summed E-state index contributed by atoms with van der Waals surface area (Å²) in [5, 5.41) is 7.03. The molecule has 3 heterocycles. The van der Waals surface area contributed by atoms with Gasteiger partial charge in [-0.1, -0.05) is 29.8 Å². The zero-order valence-corrected chi connectivity index (χ0v) is 17.1. The van der Waals surface area contributed by atoms with Crippen molar-refractivity contribution in [3.8, 4) is 0 Å². The van der Waals surface area contributed by atoms with Crippen molar-refractivity contribution in [3.05, 3.63) is 52.8 Å². The molecule has 2 aromatic rings. The number of aryl methyl sites for hydroxylation is 2. The van der Waals surface area contributed by atoms with E-state index in [0.29, 0.717) is 31.7 Å². The quantitative estimate of drug-likeness (QED) is 0.806. The summed E-state index contributed by atoms with van der Waals surface area (Å²) in [5.74, 6) is -0.552. The highest BCUT2D eigenvalue weighted by Crippen LogP contribution is 2.18. The molecule has 2 aliphatic rings. The van der Waals surface area contributed by atoms with Crippen molar-refractivity contribution in [1.82, 2.24) is 20.0 Å². The number of hydrogen-bond donors (Lipinski definition) is 1. The van der Waals surface area contributed by atoms with Gasteiger partial charge in [-0.2, -0.15) is 5.10 Å². The first kappa shape index (κ1) is 19.6. The first-order chi connectivity index (χ1) is 13.8. The number of carbonyl (C=O) groups excluding carboxylic acids is 2. The van der Waals surface area contributed by atoms with Crippen LogP contribution in [0.4, 0.5) is 0 Å². The van der Waals surface area contributed by atoms with Crippen molar-refractivity contribution in [2.75, 3.05) is 18.1 Å². The molecule has 4 rings (SSSR count). The number of rotatable bonds is 4. The standard InChI is InChI=1S/C20H24N4O4S/c1-14-4-2-5-15(10-14)12-23-7-3-8-24-18(20(23)26)11-17(22-24)19(25)21-16-6-9-29(27,28)13-16/h2,4-5,10-11,16H,3,6-9,12-13H2,1H3,(H,21,25)/t16-/m1/s1. The van der Waals surface area contributed by atoms with E-state index in [1.807, 2.05) is 25.1 Å². The minimum atomic E-state index is -3.08. The second-order valence-electron chi connectivity index (χ2n) is 7.78. The summed E-state index contributed by atoms with van der Waals surface area (Å²) in [4.78, 5) is 27.3. The molecule has 0 bridgehead atoms. The summed E-state index contributed by atoms with van der Waals surface area (Å²) < 4.78 is 24.8. The fourth-order valence-corrected chi connectivity index (χ4v) is 5.57. The molecule has 1 saturated heterocycles. The number of nitrogens with one attached hydrogen (secondary N) is 1. The number of aromatic nitrogens is 2. The van der Waals surface area contributed by atoms with Crippen LogP contribution in [0.2, 0.25) is 0 Å². The van der Waals surface area contributed by atoms with E-state index in [1.54, 1.807) is 9.58 Å². The van der Waals surface area contributed by atoms with Crippen molar-refractivity contribution < 1.29 is 18.0 Å². The molecular formula is C20H24N4O4S. The molecule has 1 fully saturated rings. The van der Waals surface area contributed by atoms with Gasteiger partial charge in [-0.3, -0.25) is 14.3 Å². The molecule has 2 amide bonds. The average Bonchev–Trinajstić information content (AvgIpc) is 3.20. The van der Waals surface area contributed by atoms with Crippen LogP contribution in [0.1, 0.15) is 44.9 Å². The minimum absolute atomic E-state index is 0.0461. The highest BCUT2D eigenvalue weighted by atomic mass is 32.2. The largest absolute Gasteiger partial charge is 0.347 e. The molecular weight excluding hydrogens is 392 g/mol. The van der Waals surface area contributed by atoms with Crippen LogP contribution >= 0.6 is 0 Å². The molecule has 29 heavy (non-hydrogen) atoms. The van der Waals surface area contributed by atoms with E-state index in [2.05, 4.69) is 16.5 Å². The molecule has 154 valence electrons. The van der Waals surface area contributed by atoms with Gasteiger partial charge < -0.3 is 10.2 Å². The molecule has 1 atom stereocenters. The second-order valence-corrected chi connectivity index (χ2v) is 10.0. The van der Waals surface area contributed by atoms with Crippen LogP contribution in [0, 0.1) is 6.92 Å². The van der Waals surface area contributed by atoms with Crippen molar-refractivity contribution >= 4 is 21.7 Å². The molecule has 1 aromatic heterocycles. The lowest BCUT2D eigenvalue weighted by atomic mass is 10.1. The van der Waals surface area contributed by atoms with Crippen LogP contribution in [-0.2, 0) is 22.9 Å². The summed E-state index contributed by atoms with van der Waals surface area (Å²) in [5.41, 5.74) is 2.74. The van der Waals surface area contributed by atoms with Crippen molar-refractivity contribution in [3.63, 3.8) is 0 Å². The molecule has 0 radical (unpaired) electrons. The van der Waals surface area contributed by atoms with Gasteiger partial charge in [0.2, 0.25) is 0 Å². The molecule has 2 aliphatic heterocycles. The Kier molecular flexibility index (Phi) is 5.16. The van der Waals surface area contributed by atoms with E-state index in [4.69, 9.17) is 0 Å². The van der Waals surface area contributed by atoms with Gasteiger partial charge >= 0.3 is 0 Å². The van der Waals surface area contributed by atoms with E-state index in [-0.39, 0.29) is 23.1 Å². The predicted molar refractivity (Wildman–Crippen MR) is 107 cm³/mol. The fraction of sp³-hybridized carbons (Fsp3) is 0.450. The van der Waals surface area contributed by atoms with Crippen molar-refractivity contribution in [2.24, 2.45) is 0 Å². The Hall–Kier alpha value is -2.68. The van der Waals surface area contributed by atoms with Crippen LogP contribution in [0.25, 0.3) is 0 Å². The zero-order chi connectivity index (χ0) is 20.6. The highest BCUT2D eigenvalue weighted by molar-refractivity contribution is 7.91. The number of benzene rings is 1. The monoisotopic (exact) mass is 416 g/mol. The predicted octanol–water partition coefficient (Wildman–Crippen LogP) is 1.15. The number of nitrogens with zero attached hydrogens (tertiary/aromatic N) is 3. The van der Waals surface area contributed by atoms with Crippen LogP contribution in [0.15, 0.2) is 30.3 Å². The van der Waals surface area contributed by atoms with Gasteiger partial charge in [0.25, 0.3) is 11.8 Å². The van der Waals surface area contributed by atoms with Gasteiger partial charge in [0.05, 0.1) is 11.5 Å². The molecule has 1 aromatic carbocycles. The Bertz CT molecular complexity index is 1060. The van der Waals surface area contributed by atoms with E-state index in [0.717, 1.165) is 17.5 Å². The molecule has 8 nitrogen and oxygen atoms in total. The normalized spacial score (nSPS) is 20.9. The molecule has 1 N–H and O–H groups in total. The number of hydrogen-bond acceptors (Lipinski definition) is 5. The van der Waals surface area contributed by atoms with Gasteiger partial charge in [0.1, 0.15) is 5.69 Å². The lowest BCUT2D eigenvalue weighted by molar-refractivity contribution is 0.0745. The fourth-order valence-electron chi connectivity index (χ4n) is 3.90. The third kappa shape index (κ3) is 4.34. The minimum Gasteiger partial charge on any atom is -0.347 e. The lowest BCUT2D eigenvalue weighted by Crippen LogP contribution is -2.36. The number of sulfone groups is 1. The Morgan fingerprint density at radius 1 is 1.28 bits per heavy atom. The van der Waals surface area contributed by atoms with E-state index in [9.17, 15) is 18.0 Å². The Balaban J connectivity index is 1.49. The summed E-state index contributed by atoms with van der Waals surface area (Å²) in [7, 11) is -3.08. The van der Waals surface area contributed by atoms with Crippen molar-refractivity contribution in [2.45, 2.75) is 38.9 Å². The van der Waals surface area contributed by atoms with Gasteiger partial charge in [-0.05, 0) is 25.3 Å². The van der Waals surface area contributed by atoms with Gasteiger partial charge in [-0.15, -0.1) is 0 Å². The Morgan fingerprint density at radius 3 is 2.83 bits per heavy atom. The summed E-state index contributed by atoms with van der Waals surface area (Å²) in [6.07, 6.45) is 1.15. The highest BCUT2D eigenvalue weighted by Gasteiger charge is 2.31. The zero-order valence-electron chi connectivity index (χ0n) is 16.3. The summed E-state index contributed by atoms with van der Waals surface area (Å²) in [6, 6.07) is 9.16. The molecule has 0 aliphatic carbocycles. The Morgan fingerprint density at radius 2 is 2.10 bits per heavy atom. The maximum atomic E-state index is 13.0. The maximum Gasteiger partial charge on any atom is 0.272 e. The maximum absolute atomic E-state index is 13.0. The first-order valence-corrected chi connectivity index (χ1v) is 11.6. The molecule has 9 heteroatoms. The number of amides is 2. The van der Waals surface area contributed by atoms with Crippen LogP contribution in [0.5, 0.6) is 0 Å². The third-order valence-electron chi connectivity index (χ3n) is 5.34. The second kappa shape index (κ2) is 7.62. The number of fused-ring (bicyclic) bond motifs is 1. The topological polar surface area (TPSA) is 101 Å². The summed E-state index contributed by atoms with van der Waals surface area (Å²) >= 11 is 0. The van der Waals surface area contributed by atoms with Gasteiger partial charge in [0.15, 0.2) is 15.5 Å². The van der Waals surface area contributed by atoms with E-state index in [1.165, 1.54) is 6.07 Å². The van der Waals surface area contributed by atoms with Gasteiger partial charge in [0, 0.05) is 31.7 Å². The average molecular weight is 417 g/mol. The van der Waals surface area contributed by atoms with E-state index >= 15 is 0 Å².